The van der Waals surface area contributed by atoms with Crippen molar-refractivity contribution >= 4 is 16.9 Å². The fourth-order valence-electron chi connectivity index (χ4n) is 4.03. The Kier molecular flexibility index (Phi) is 5.76. The number of likely N-dealkylation sites (tertiary alicyclic amines) is 1. The van der Waals surface area contributed by atoms with Gasteiger partial charge in [0, 0.05) is 43.6 Å². The highest BCUT2D eigenvalue weighted by Crippen LogP contribution is 2.31. The molecule has 1 aliphatic heterocycles. The van der Waals surface area contributed by atoms with E-state index in [1.807, 2.05) is 39.9 Å². The topological polar surface area (TPSA) is 86.3 Å². The van der Waals surface area contributed by atoms with Crippen LogP contribution in [0.1, 0.15) is 30.0 Å². The third-order valence-corrected chi connectivity index (χ3v) is 5.59. The SMILES string of the molecule is COc1ccc(CCC(=O)N2CC[C@H](c3nn(CCN)c4ncccc34)C2)cc1. The molecular formula is C22H27N5O2. The number of carbonyl (C=O) groups excluding carboxylic acids is 1. The van der Waals surface area contributed by atoms with Gasteiger partial charge in [0.2, 0.25) is 5.91 Å². The van der Waals surface area contributed by atoms with Gasteiger partial charge in [-0.3, -0.25) is 4.79 Å². The van der Waals surface area contributed by atoms with Crippen molar-refractivity contribution in [3.05, 3.63) is 53.9 Å². The van der Waals surface area contributed by atoms with Crippen molar-refractivity contribution in [2.45, 2.75) is 31.7 Å². The number of carbonyl (C=O) groups is 1. The molecule has 0 unspecified atom stereocenters. The third-order valence-electron chi connectivity index (χ3n) is 5.59. The number of pyridine rings is 1. The van der Waals surface area contributed by atoms with E-state index in [-0.39, 0.29) is 11.8 Å². The normalized spacial score (nSPS) is 16.5. The molecule has 3 heterocycles. The van der Waals surface area contributed by atoms with E-state index in [9.17, 15) is 4.79 Å². The summed E-state index contributed by atoms with van der Waals surface area (Å²) in [5.74, 6) is 1.27. The number of nitrogens with two attached hydrogens (primary N) is 1. The van der Waals surface area contributed by atoms with Gasteiger partial charge in [-0.2, -0.15) is 5.10 Å². The van der Waals surface area contributed by atoms with Gasteiger partial charge in [-0.05, 0) is 42.7 Å². The summed E-state index contributed by atoms with van der Waals surface area (Å²) in [5.41, 5.74) is 8.78. The molecule has 152 valence electrons. The van der Waals surface area contributed by atoms with Gasteiger partial charge in [0.15, 0.2) is 5.65 Å². The first kappa shape index (κ1) is 19.4. The Hall–Kier alpha value is -2.93. The molecule has 2 aromatic heterocycles. The zero-order chi connectivity index (χ0) is 20.2. The van der Waals surface area contributed by atoms with Crippen LogP contribution in [0.2, 0.25) is 0 Å². The fraction of sp³-hybridized carbons (Fsp3) is 0.409. The summed E-state index contributed by atoms with van der Waals surface area (Å²) in [7, 11) is 1.65. The Labute approximate surface area is 170 Å². The van der Waals surface area contributed by atoms with Crippen LogP contribution in [0.15, 0.2) is 42.6 Å². The van der Waals surface area contributed by atoms with Crippen molar-refractivity contribution in [3.63, 3.8) is 0 Å². The number of ether oxygens (including phenoxy) is 1. The van der Waals surface area contributed by atoms with Crippen LogP contribution in [0.5, 0.6) is 5.75 Å². The van der Waals surface area contributed by atoms with E-state index < -0.39 is 0 Å². The summed E-state index contributed by atoms with van der Waals surface area (Å²) < 4.78 is 7.07. The van der Waals surface area contributed by atoms with Gasteiger partial charge in [-0.25, -0.2) is 9.67 Å². The molecule has 0 spiro atoms. The second-order valence-corrected chi connectivity index (χ2v) is 7.45. The van der Waals surface area contributed by atoms with E-state index in [1.165, 1.54) is 0 Å². The molecular weight excluding hydrogens is 366 g/mol. The van der Waals surface area contributed by atoms with Crippen LogP contribution in [0.3, 0.4) is 0 Å². The van der Waals surface area contributed by atoms with E-state index >= 15 is 0 Å². The number of aryl methyl sites for hydroxylation is 1. The van der Waals surface area contributed by atoms with Crippen molar-refractivity contribution in [1.82, 2.24) is 19.7 Å². The molecule has 29 heavy (non-hydrogen) atoms. The number of benzene rings is 1. The predicted octanol–water partition coefficient (Wildman–Crippen LogP) is 2.35. The van der Waals surface area contributed by atoms with Gasteiger partial charge in [0.05, 0.1) is 19.3 Å². The predicted molar refractivity (Wildman–Crippen MR) is 112 cm³/mol. The molecule has 1 fully saturated rings. The Morgan fingerprint density at radius 2 is 2.10 bits per heavy atom. The van der Waals surface area contributed by atoms with E-state index in [2.05, 4.69) is 11.1 Å². The number of amides is 1. The molecule has 2 N–H and O–H groups in total. The molecule has 4 rings (SSSR count). The molecule has 3 aromatic rings. The fourth-order valence-corrected chi connectivity index (χ4v) is 4.03. The molecule has 1 amide bonds. The van der Waals surface area contributed by atoms with Crippen LogP contribution in [-0.4, -0.2) is 52.3 Å². The third kappa shape index (κ3) is 4.10. The number of aromatic nitrogens is 3. The average molecular weight is 393 g/mol. The standard InChI is InChI=1S/C22H27N5O2/c1-29-18-7-4-16(5-8-18)6-9-20(28)26-13-10-17(15-26)21-19-3-2-12-24-22(19)27(25-21)14-11-23/h2-5,7-8,12,17H,6,9-11,13-15,23H2,1H3/t17-/m0/s1. The smallest absolute Gasteiger partial charge is 0.222 e. The maximum atomic E-state index is 12.7. The lowest BCUT2D eigenvalue weighted by atomic mass is 10.0. The van der Waals surface area contributed by atoms with E-state index in [1.54, 1.807) is 13.3 Å². The summed E-state index contributed by atoms with van der Waals surface area (Å²) in [4.78, 5) is 19.2. The molecule has 0 bridgehead atoms. The number of nitrogens with zero attached hydrogens (tertiary/aromatic N) is 4. The zero-order valence-electron chi connectivity index (χ0n) is 16.8. The zero-order valence-corrected chi connectivity index (χ0v) is 16.8. The number of methoxy groups -OCH3 is 1. The molecule has 7 nitrogen and oxygen atoms in total. The van der Waals surface area contributed by atoms with Crippen molar-refractivity contribution < 1.29 is 9.53 Å². The minimum absolute atomic E-state index is 0.201. The van der Waals surface area contributed by atoms with Crippen LogP contribution < -0.4 is 10.5 Å². The summed E-state index contributed by atoms with van der Waals surface area (Å²) in [6.45, 7) is 2.65. The molecule has 0 aliphatic carbocycles. The minimum Gasteiger partial charge on any atom is -0.497 e. The van der Waals surface area contributed by atoms with Crippen LogP contribution >= 0.6 is 0 Å². The Balaban J connectivity index is 1.41. The Morgan fingerprint density at radius 1 is 1.28 bits per heavy atom. The van der Waals surface area contributed by atoms with Crippen molar-refractivity contribution in [2.75, 3.05) is 26.7 Å². The Morgan fingerprint density at radius 3 is 2.86 bits per heavy atom. The molecule has 7 heteroatoms. The highest BCUT2D eigenvalue weighted by molar-refractivity contribution is 5.80. The van der Waals surface area contributed by atoms with Gasteiger partial charge in [-0.1, -0.05) is 12.1 Å². The van der Waals surface area contributed by atoms with Gasteiger partial charge >= 0.3 is 0 Å². The number of rotatable bonds is 7. The van der Waals surface area contributed by atoms with Gasteiger partial charge in [0.25, 0.3) is 0 Å². The molecule has 1 atom stereocenters. The molecule has 1 aliphatic rings. The second kappa shape index (κ2) is 8.61. The van der Waals surface area contributed by atoms with Crippen molar-refractivity contribution in [3.8, 4) is 5.75 Å². The van der Waals surface area contributed by atoms with Crippen LogP contribution in [-0.2, 0) is 17.8 Å². The van der Waals surface area contributed by atoms with Crippen molar-refractivity contribution in [1.29, 1.82) is 0 Å². The monoisotopic (exact) mass is 393 g/mol. The number of hydrogen-bond acceptors (Lipinski definition) is 5. The lowest BCUT2D eigenvalue weighted by Crippen LogP contribution is -2.28. The number of fused-ring (bicyclic) bond motifs is 1. The highest BCUT2D eigenvalue weighted by Gasteiger charge is 2.30. The van der Waals surface area contributed by atoms with Crippen LogP contribution in [0.4, 0.5) is 0 Å². The van der Waals surface area contributed by atoms with Crippen LogP contribution in [0, 0.1) is 0 Å². The average Bonchev–Trinajstić information content (AvgIpc) is 3.38. The maximum absolute atomic E-state index is 12.7. The minimum atomic E-state index is 0.201. The summed E-state index contributed by atoms with van der Waals surface area (Å²) in [6.07, 6.45) is 3.97. The lowest BCUT2D eigenvalue weighted by molar-refractivity contribution is -0.130. The van der Waals surface area contributed by atoms with Gasteiger partial charge < -0.3 is 15.4 Å². The molecule has 0 radical (unpaired) electrons. The lowest BCUT2D eigenvalue weighted by Gasteiger charge is -2.16. The maximum Gasteiger partial charge on any atom is 0.222 e. The summed E-state index contributed by atoms with van der Waals surface area (Å²) in [5, 5.41) is 5.86. The quantitative estimate of drug-likeness (QED) is 0.666. The molecule has 1 saturated heterocycles. The van der Waals surface area contributed by atoms with Crippen LogP contribution in [0.25, 0.3) is 11.0 Å². The largest absolute Gasteiger partial charge is 0.497 e. The molecule has 0 saturated carbocycles. The second-order valence-electron chi connectivity index (χ2n) is 7.45. The highest BCUT2D eigenvalue weighted by atomic mass is 16.5. The van der Waals surface area contributed by atoms with Gasteiger partial charge in [-0.15, -0.1) is 0 Å². The first-order chi connectivity index (χ1) is 14.2. The number of hydrogen-bond donors (Lipinski definition) is 1. The van der Waals surface area contributed by atoms with E-state index in [0.717, 1.165) is 47.4 Å². The summed E-state index contributed by atoms with van der Waals surface area (Å²) in [6, 6.07) is 11.9. The van der Waals surface area contributed by atoms with E-state index in [0.29, 0.717) is 26.1 Å². The van der Waals surface area contributed by atoms with Crippen molar-refractivity contribution in [2.24, 2.45) is 5.73 Å². The van der Waals surface area contributed by atoms with E-state index in [4.69, 9.17) is 15.6 Å². The summed E-state index contributed by atoms with van der Waals surface area (Å²) >= 11 is 0. The Bertz CT molecular complexity index is 983. The first-order valence-electron chi connectivity index (χ1n) is 10.1. The van der Waals surface area contributed by atoms with Gasteiger partial charge in [0.1, 0.15) is 5.75 Å². The molecule has 1 aromatic carbocycles. The first-order valence-corrected chi connectivity index (χ1v) is 10.1.